The zero-order chi connectivity index (χ0) is 38.6. The third-order valence-electron chi connectivity index (χ3n) is 8.50. The minimum atomic E-state index is -0.522. The van der Waals surface area contributed by atoms with E-state index in [1.807, 2.05) is 110 Å². The fraction of sp³-hybridized carbons (Fsp3) is 0.111. The van der Waals surface area contributed by atoms with E-state index in [2.05, 4.69) is 22.0 Å². The van der Waals surface area contributed by atoms with Crippen LogP contribution < -0.4 is 20.7 Å². The van der Waals surface area contributed by atoms with E-state index in [4.69, 9.17) is 4.74 Å². The third-order valence-corrected chi connectivity index (χ3v) is 10.8. The second kappa shape index (κ2) is 18.6. The molecule has 0 aliphatic rings. The van der Waals surface area contributed by atoms with Gasteiger partial charge in [0.25, 0.3) is 11.8 Å². The van der Waals surface area contributed by atoms with Crippen molar-refractivity contribution < 1.29 is 19.1 Å². The molecule has 1 aromatic heterocycles. The Balaban J connectivity index is 1.15. The largest absolute Gasteiger partial charge is 0.489 e. The summed E-state index contributed by atoms with van der Waals surface area (Å²) < 4.78 is 5.91. The second-order valence-corrected chi connectivity index (χ2v) is 14.7. The summed E-state index contributed by atoms with van der Waals surface area (Å²) in [5, 5.41) is 20.6. The first-order chi connectivity index (χ1) is 26.8. The van der Waals surface area contributed by atoms with E-state index in [-0.39, 0.29) is 11.6 Å². The summed E-state index contributed by atoms with van der Waals surface area (Å²) in [4.78, 5) is 41.2. The van der Waals surface area contributed by atoms with Crippen molar-refractivity contribution in [3.8, 4) is 22.9 Å². The van der Waals surface area contributed by atoms with Gasteiger partial charge in [-0.05, 0) is 78.6 Å². The predicted molar refractivity (Wildman–Crippen MR) is 222 cm³/mol. The summed E-state index contributed by atoms with van der Waals surface area (Å²) >= 11 is 2.69. The van der Waals surface area contributed by atoms with Gasteiger partial charge in [0, 0.05) is 27.1 Å². The van der Waals surface area contributed by atoms with Crippen molar-refractivity contribution in [2.75, 3.05) is 10.6 Å². The lowest BCUT2D eigenvalue weighted by Crippen LogP contribution is -2.30. The number of amides is 3. The smallest absolute Gasteiger partial charge is 0.272 e. The number of anilines is 2. The summed E-state index contributed by atoms with van der Waals surface area (Å²) in [6.45, 7) is 4.35. The zero-order valence-corrected chi connectivity index (χ0v) is 31.9. The number of carbonyl (C=O) groups is 3. The van der Waals surface area contributed by atoms with Crippen LogP contribution in [0.25, 0.3) is 17.2 Å². The number of thioether (sulfide) groups is 1. The molecule has 55 heavy (non-hydrogen) atoms. The molecule has 8 nitrogen and oxygen atoms in total. The van der Waals surface area contributed by atoms with Crippen molar-refractivity contribution in [1.29, 1.82) is 5.26 Å². The highest BCUT2D eigenvalue weighted by atomic mass is 32.2. The molecule has 3 amide bonds. The molecule has 5 aromatic carbocycles. The topological polar surface area (TPSA) is 120 Å². The Hall–Kier alpha value is -6.41. The Morgan fingerprint density at radius 3 is 2.25 bits per heavy atom. The molecule has 274 valence electrons. The van der Waals surface area contributed by atoms with Crippen LogP contribution in [0.2, 0.25) is 0 Å². The molecular weight excluding hydrogens is 725 g/mol. The average molecular weight is 763 g/mol. The molecule has 1 unspecified atom stereocenters. The van der Waals surface area contributed by atoms with Crippen molar-refractivity contribution in [3.05, 3.63) is 172 Å². The van der Waals surface area contributed by atoms with Gasteiger partial charge in [0.2, 0.25) is 5.91 Å². The molecule has 0 saturated carbocycles. The number of rotatable bonds is 14. The maximum atomic E-state index is 13.8. The van der Waals surface area contributed by atoms with Crippen LogP contribution in [0, 0.1) is 18.3 Å². The first kappa shape index (κ1) is 38.3. The summed E-state index contributed by atoms with van der Waals surface area (Å²) in [5.74, 6) is -0.503. The monoisotopic (exact) mass is 762 g/mol. The predicted octanol–water partition coefficient (Wildman–Crippen LogP) is 10.1. The van der Waals surface area contributed by atoms with Crippen LogP contribution in [0.3, 0.4) is 0 Å². The summed E-state index contributed by atoms with van der Waals surface area (Å²) in [6, 6.07) is 43.2. The number of thiophene rings is 1. The van der Waals surface area contributed by atoms with Gasteiger partial charge in [-0.2, -0.15) is 5.26 Å². The lowest BCUT2D eigenvalue weighted by molar-refractivity contribution is -0.116. The van der Waals surface area contributed by atoms with Crippen LogP contribution in [0.15, 0.2) is 149 Å². The van der Waals surface area contributed by atoms with Crippen molar-refractivity contribution in [2.24, 2.45) is 0 Å². The molecule has 0 fully saturated rings. The van der Waals surface area contributed by atoms with Gasteiger partial charge in [0.05, 0.1) is 10.8 Å². The van der Waals surface area contributed by atoms with Gasteiger partial charge in [-0.1, -0.05) is 103 Å². The summed E-state index contributed by atoms with van der Waals surface area (Å²) in [5.41, 5.74) is 5.92. The molecule has 3 N–H and O–H groups in total. The van der Waals surface area contributed by atoms with Gasteiger partial charge in [-0.15, -0.1) is 23.1 Å². The quantitative estimate of drug-likeness (QED) is 0.0751. The minimum Gasteiger partial charge on any atom is -0.489 e. The lowest BCUT2D eigenvalue weighted by Gasteiger charge is -2.16. The van der Waals surface area contributed by atoms with Crippen LogP contribution in [-0.4, -0.2) is 23.0 Å². The number of hydrogen-bond donors (Lipinski definition) is 3. The molecule has 6 aromatic rings. The Morgan fingerprint density at radius 1 is 0.855 bits per heavy atom. The Kier molecular flexibility index (Phi) is 12.9. The van der Waals surface area contributed by atoms with E-state index in [0.717, 1.165) is 27.1 Å². The van der Waals surface area contributed by atoms with Crippen LogP contribution in [0.1, 0.15) is 46.0 Å². The molecule has 1 heterocycles. The number of ether oxygens (including phenoxy) is 1. The fourth-order valence-corrected chi connectivity index (χ4v) is 7.48. The Bertz CT molecular complexity index is 2330. The van der Waals surface area contributed by atoms with Gasteiger partial charge in [-0.3, -0.25) is 14.4 Å². The first-order valence-electron chi connectivity index (χ1n) is 17.6. The van der Waals surface area contributed by atoms with E-state index in [1.54, 1.807) is 48.5 Å². The van der Waals surface area contributed by atoms with Crippen molar-refractivity contribution >= 4 is 57.6 Å². The number of nitriles is 1. The van der Waals surface area contributed by atoms with Crippen molar-refractivity contribution in [3.63, 3.8) is 0 Å². The Morgan fingerprint density at radius 2 is 1.56 bits per heavy atom. The van der Waals surface area contributed by atoms with Crippen molar-refractivity contribution in [2.45, 2.75) is 37.0 Å². The van der Waals surface area contributed by atoms with E-state index < -0.39 is 17.1 Å². The molecule has 0 radical (unpaired) electrons. The highest BCUT2D eigenvalue weighted by Crippen LogP contribution is 2.36. The molecular formula is C45H38N4O4S2. The van der Waals surface area contributed by atoms with E-state index >= 15 is 0 Å². The van der Waals surface area contributed by atoms with Crippen LogP contribution in [0.5, 0.6) is 5.75 Å². The van der Waals surface area contributed by atoms with Gasteiger partial charge >= 0.3 is 0 Å². The van der Waals surface area contributed by atoms with E-state index in [1.165, 1.54) is 23.1 Å². The summed E-state index contributed by atoms with van der Waals surface area (Å²) in [6.07, 6.45) is 2.14. The van der Waals surface area contributed by atoms with E-state index in [9.17, 15) is 19.6 Å². The van der Waals surface area contributed by atoms with Gasteiger partial charge in [0.1, 0.15) is 29.1 Å². The first-order valence-corrected chi connectivity index (χ1v) is 19.4. The number of aryl methyl sites for hydroxylation is 1. The molecule has 0 saturated heterocycles. The van der Waals surface area contributed by atoms with E-state index in [0.29, 0.717) is 46.2 Å². The molecule has 1 atom stereocenters. The average Bonchev–Trinajstić information content (AvgIpc) is 3.62. The Labute approximate surface area is 328 Å². The number of hydrogen-bond acceptors (Lipinski definition) is 7. The number of nitrogens with one attached hydrogen (secondary N) is 3. The highest BCUT2D eigenvalue weighted by Gasteiger charge is 2.22. The lowest BCUT2D eigenvalue weighted by atomic mass is 10.0. The normalized spacial score (nSPS) is 11.5. The maximum Gasteiger partial charge on any atom is 0.272 e. The number of carbonyl (C=O) groups excluding carboxylic acids is 3. The molecule has 6 rings (SSSR count). The molecule has 0 aliphatic heterocycles. The SMILES string of the molecule is CCC(Sc1cccc(NC(=O)/C(=C\c2ccc(OCc3ccccc3)cc2)NC(=O)c2ccccc2)c1)C(=O)Nc1scc(-c2ccc(C)cc2)c1C#N. The minimum absolute atomic E-state index is 0.0462. The van der Waals surface area contributed by atoms with Gasteiger partial charge in [0.15, 0.2) is 0 Å². The maximum absolute atomic E-state index is 13.8. The molecule has 10 heteroatoms. The second-order valence-electron chi connectivity index (χ2n) is 12.5. The molecule has 0 bridgehead atoms. The standard InChI is InChI=1S/C45H38N4O4S2/c1-3-41(44(52)49-45-38(27-46)39(29-54-45)33-21-17-30(2)18-22-33)55-37-16-10-15-35(26-37)47-43(51)40(48-42(50)34-13-8-5-9-14-34)25-31-19-23-36(24-20-31)53-28-32-11-6-4-7-12-32/h4-26,29,41H,3,28H2,1-2H3,(H,47,51)(H,48,50)(H,49,52)/b40-25+. The van der Waals surface area contributed by atoms with Crippen molar-refractivity contribution in [1.82, 2.24) is 5.32 Å². The van der Waals surface area contributed by atoms with Crippen LogP contribution >= 0.6 is 23.1 Å². The number of nitrogens with zero attached hydrogens (tertiary/aromatic N) is 1. The highest BCUT2D eigenvalue weighted by molar-refractivity contribution is 8.00. The number of benzene rings is 5. The van der Waals surface area contributed by atoms with Gasteiger partial charge in [-0.25, -0.2) is 0 Å². The van der Waals surface area contributed by atoms with Gasteiger partial charge < -0.3 is 20.7 Å². The van der Waals surface area contributed by atoms with Crippen LogP contribution in [0.4, 0.5) is 10.7 Å². The van der Waals surface area contributed by atoms with Crippen LogP contribution in [-0.2, 0) is 16.2 Å². The molecule has 0 spiro atoms. The summed E-state index contributed by atoms with van der Waals surface area (Å²) in [7, 11) is 0. The zero-order valence-electron chi connectivity index (χ0n) is 30.2. The molecule has 0 aliphatic carbocycles. The fourth-order valence-electron chi connectivity index (χ4n) is 5.54. The third kappa shape index (κ3) is 10.4.